The summed E-state index contributed by atoms with van der Waals surface area (Å²) < 4.78 is 5.22. The molecule has 1 unspecified atom stereocenters. The van der Waals surface area contributed by atoms with E-state index in [1.807, 2.05) is 16.8 Å². The van der Waals surface area contributed by atoms with Gasteiger partial charge in [0.25, 0.3) is 0 Å². The van der Waals surface area contributed by atoms with Gasteiger partial charge >= 0.3 is 0 Å². The monoisotopic (exact) mass is 245 g/mol. The van der Waals surface area contributed by atoms with Crippen LogP contribution in [0.5, 0.6) is 0 Å². The molecular formula is C10H19N3O2S. The van der Waals surface area contributed by atoms with E-state index >= 15 is 0 Å². The van der Waals surface area contributed by atoms with Crippen molar-refractivity contribution in [3.05, 3.63) is 0 Å². The molecule has 0 aromatic rings. The quantitative estimate of drug-likeness (QED) is 0.698. The Morgan fingerprint density at radius 2 is 2.31 bits per heavy atom. The second-order valence-corrected chi connectivity index (χ2v) is 5.21. The molecule has 2 saturated heterocycles. The number of hydrogen-bond acceptors (Lipinski definition) is 5. The van der Waals surface area contributed by atoms with E-state index in [1.165, 1.54) is 0 Å². The Balaban J connectivity index is 1.66. The van der Waals surface area contributed by atoms with Gasteiger partial charge in [-0.1, -0.05) is 0 Å². The summed E-state index contributed by atoms with van der Waals surface area (Å²) in [5.74, 6) is 2.31. The fraction of sp³-hybridized carbons (Fsp3) is 0.900. The fourth-order valence-corrected chi connectivity index (χ4v) is 2.82. The Hall–Kier alpha value is -0.300. The van der Waals surface area contributed by atoms with Gasteiger partial charge in [0.2, 0.25) is 5.91 Å². The summed E-state index contributed by atoms with van der Waals surface area (Å²) in [5.41, 5.74) is 2.93. The van der Waals surface area contributed by atoms with Gasteiger partial charge in [0.15, 0.2) is 0 Å². The summed E-state index contributed by atoms with van der Waals surface area (Å²) >= 11 is 1.91. The van der Waals surface area contributed by atoms with Crippen molar-refractivity contribution in [2.24, 2.45) is 0 Å². The molecule has 2 rings (SSSR count). The molecule has 2 fully saturated rings. The van der Waals surface area contributed by atoms with Crippen LogP contribution in [-0.2, 0) is 9.53 Å². The van der Waals surface area contributed by atoms with Crippen molar-refractivity contribution in [2.45, 2.75) is 12.5 Å². The van der Waals surface area contributed by atoms with E-state index in [9.17, 15) is 4.79 Å². The maximum atomic E-state index is 11.7. The zero-order chi connectivity index (χ0) is 11.2. The number of amides is 1. The van der Waals surface area contributed by atoms with Crippen LogP contribution in [0.4, 0.5) is 0 Å². The Labute approximate surface area is 100 Å². The Morgan fingerprint density at radius 1 is 1.50 bits per heavy atom. The molecule has 0 aliphatic carbocycles. The van der Waals surface area contributed by atoms with E-state index in [0.29, 0.717) is 25.7 Å². The lowest BCUT2D eigenvalue weighted by atomic mass is 10.2. The number of nitrogens with zero attached hydrogens (tertiary/aromatic N) is 1. The molecule has 2 N–H and O–H groups in total. The fourth-order valence-electron chi connectivity index (χ4n) is 1.87. The molecule has 0 aromatic heterocycles. The topological polar surface area (TPSA) is 53.6 Å². The average molecular weight is 245 g/mol. The van der Waals surface area contributed by atoms with Gasteiger partial charge in [0.1, 0.15) is 0 Å². The minimum Gasteiger partial charge on any atom is -0.379 e. The first-order valence-corrected chi connectivity index (χ1v) is 6.93. The van der Waals surface area contributed by atoms with E-state index in [1.54, 1.807) is 0 Å². The maximum Gasteiger partial charge on any atom is 0.235 e. The van der Waals surface area contributed by atoms with Crippen molar-refractivity contribution in [1.29, 1.82) is 0 Å². The van der Waals surface area contributed by atoms with Gasteiger partial charge in [-0.15, -0.1) is 0 Å². The highest BCUT2D eigenvalue weighted by molar-refractivity contribution is 7.99. The predicted octanol–water partition coefficient (Wildman–Crippen LogP) is -0.555. The number of hydrogen-bond donors (Lipinski definition) is 2. The van der Waals surface area contributed by atoms with Crippen LogP contribution in [0, 0.1) is 0 Å². The lowest BCUT2D eigenvalue weighted by Crippen LogP contribution is -2.50. The van der Waals surface area contributed by atoms with Crippen LogP contribution in [0.3, 0.4) is 0 Å². The van der Waals surface area contributed by atoms with Crippen molar-refractivity contribution >= 4 is 17.7 Å². The summed E-state index contributed by atoms with van der Waals surface area (Å²) in [5, 5.41) is 5.31. The predicted molar refractivity (Wildman–Crippen MR) is 64.3 cm³/mol. The van der Waals surface area contributed by atoms with Crippen LogP contribution in [0.15, 0.2) is 0 Å². The number of morpholine rings is 1. The Morgan fingerprint density at radius 3 is 3.00 bits per heavy atom. The smallest absolute Gasteiger partial charge is 0.235 e. The van der Waals surface area contributed by atoms with Crippen LogP contribution >= 0.6 is 11.8 Å². The van der Waals surface area contributed by atoms with E-state index in [0.717, 1.165) is 31.1 Å². The van der Waals surface area contributed by atoms with Gasteiger partial charge in [-0.25, -0.2) is 5.01 Å². The van der Waals surface area contributed by atoms with E-state index < -0.39 is 0 Å². The summed E-state index contributed by atoms with van der Waals surface area (Å²) in [7, 11) is 0. The van der Waals surface area contributed by atoms with Crippen LogP contribution < -0.4 is 10.7 Å². The van der Waals surface area contributed by atoms with E-state index in [-0.39, 0.29) is 5.91 Å². The summed E-state index contributed by atoms with van der Waals surface area (Å²) in [6, 6.07) is 0.333. The average Bonchev–Trinajstić information content (AvgIpc) is 2.31. The first-order chi connectivity index (χ1) is 7.84. The molecule has 0 radical (unpaired) electrons. The number of carbonyl (C=O) groups is 1. The van der Waals surface area contributed by atoms with Gasteiger partial charge in [-0.05, 0) is 0 Å². The molecule has 0 bridgehead atoms. The van der Waals surface area contributed by atoms with Crippen LogP contribution in [0.2, 0.25) is 0 Å². The molecule has 0 aromatic carbocycles. The molecule has 0 saturated carbocycles. The van der Waals surface area contributed by atoms with Gasteiger partial charge in [-0.3, -0.25) is 10.2 Å². The van der Waals surface area contributed by atoms with E-state index in [2.05, 4.69) is 10.7 Å². The standard InChI is InChI=1S/C10H19N3O2S/c14-10(7-9-8-16-6-1-11-9)12-13-2-4-15-5-3-13/h9,11H,1-8H2,(H,12,14). The molecule has 1 amide bonds. The number of rotatable bonds is 3. The molecule has 0 spiro atoms. The van der Waals surface area contributed by atoms with E-state index in [4.69, 9.17) is 4.74 Å². The Bertz CT molecular complexity index is 206. The second-order valence-electron chi connectivity index (χ2n) is 4.06. The van der Waals surface area contributed by atoms with Crippen LogP contribution in [-0.4, -0.2) is 61.3 Å². The van der Waals surface area contributed by atoms with Crippen molar-refractivity contribution in [3.63, 3.8) is 0 Å². The molecule has 1 atom stereocenters. The third-order valence-corrected chi connectivity index (χ3v) is 3.86. The van der Waals surface area contributed by atoms with Crippen LogP contribution in [0.25, 0.3) is 0 Å². The zero-order valence-corrected chi connectivity index (χ0v) is 10.2. The molecular weight excluding hydrogens is 226 g/mol. The lowest BCUT2D eigenvalue weighted by Gasteiger charge is -2.28. The minimum absolute atomic E-state index is 0.113. The second kappa shape index (κ2) is 6.44. The largest absolute Gasteiger partial charge is 0.379 e. The van der Waals surface area contributed by atoms with Crippen molar-refractivity contribution in [3.8, 4) is 0 Å². The molecule has 2 aliphatic rings. The highest BCUT2D eigenvalue weighted by Crippen LogP contribution is 2.10. The number of thioether (sulfide) groups is 1. The first-order valence-electron chi connectivity index (χ1n) is 5.78. The van der Waals surface area contributed by atoms with Crippen LogP contribution in [0.1, 0.15) is 6.42 Å². The summed E-state index contributed by atoms with van der Waals surface area (Å²) in [4.78, 5) is 11.7. The number of hydrazine groups is 1. The van der Waals surface area contributed by atoms with Gasteiger partial charge in [0, 0.05) is 43.6 Å². The highest BCUT2D eigenvalue weighted by atomic mass is 32.2. The highest BCUT2D eigenvalue weighted by Gasteiger charge is 2.18. The molecule has 6 heteroatoms. The third kappa shape index (κ3) is 3.93. The normalized spacial score (nSPS) is 27.6. The van der Waals surface area contributed by atoms with Gasteiger partial charge in [-0.2, -0.15) is 11.8 Å². The number of carbonyl (C=O) groups excluding carboxylic acids is 1. The summed E-state index contributed by atoms with van der Waals surface area (Å²) in [6.07, 6.45) is 0.574. The SMILES string of the molecule is O=C(CC1CSCCN1)NN1CCOCC1. The third-order valence-electron chi connectivity index (χ3n) is 2.72. The molecule has 92 valence electrons. The zero-order valence-electron chi connectivity index (χ0n) is 9.41. The molecule has 2 aliphatic heterocycles. The first kappa shape index (κ1) is 12.2. The van der Waals surface area contributed by atoms with Gasteiger partial charge in [0.05, 0.1) is 13.2 Å². The number of ether oxygens (including phenoxy) is 1. The molecule has 2 heterocycles. The van der Waals surface area contributed by atoms with Crippen molar-refractivity contribution in [2.75, 3.05) is 44.4 Å². The number of nitrogens with one attached hydrogen (secondary N) is 2. The lowest BCUT2D eigenvalue weighted by molar-refractivity contribution is -0.128. The molecule has 16 heavy (non-hydrogen) atoms. The van der Waals surface area contributed by atoms with Gasteiger partial charge < -0.3 is 10.1 Å². The Kier molecular flexibility index (Phi) is 4.90. The van der Waals surface area contributed by atoms with Crippen molar-refractivity contribution < 1.29 is 9.53 Å². The maximum absolute atomic E-state index is 11.7. The summed E-state index contributed by atoms with van der Waals surface area (Å²) in [6.45, 7) is 4.01. The van der Waals surface area contributed by atoms with Crippen molar-refractivity contribution in [1.82, 2.24) is 15.8 Å². The minimum atomic E-state index is 0.113. The molecule has 5 nitrogen and oxygen atoms in total.